The molecule has 4 aromatic rings. The molecule has 3 aromatic carbocycles. The highest BCUT2D eigenvalue weighted by Gasteiger charge is 2.52. The number of carbonyl (C=O) groups excluding carboxylic acids is 1. The molecule has 1 unspecified atom stereocenters. The van der Waals surface area contributed by atoms with E-state index in [1.54, 1.807) is 36.4 Å². The minimum Gasteiger partial charge on any atom is -0.334 e. The summed E-state index contributed by atoms with van der Waals surface area (Å²) in [7, 11) is 0. The van der Waals surface area contributed by atoms with Crippen molar-refractivity contribution in [3.8, 4) is 11.5 Å². The van der Waals surface area contributed by atoms with Crippen LogP contribution in [0.15, 0.2) is 59.1 Å². The van der Waals surface area contributed by atoms with Gasteiger partial charge in [-0.25, -0.2) is 8.60 Å². The first-order valence-corrected chi connectivity index (χ1v) is 13.8. The molecule has 7 nitrogen and oxygen atoms in total. The van der Waals surface area contributed by atoms with Crippen LogP contribution in [0.2, 0.25) is 15.1 Å². The van der Waals surface area contributed by atoms with Crippen LogP contribution in [-0.2, 0) is 33.5 Å². The molecule has 1 aromatic heterocycles. The maximum atomic E-state index is 13.5. The van der Waals surface area contributed by atoms with Crippen molar-refractivity contribution in [3.63, 3.8) is 0 Å². The molecule has 196 valence electrons. The van der Waals surface area contributed by atoms with Gasteiger partial charge in [0.2, 0.25) is 5.91 Å². The minimum atomic E-state index is -1.93. The Morgan fingerprint density at radius 1 is 1.03 bits per heavy atom. The number of amides is 1. The summed E-state index contributed by atoms with van der Waals surface area (Å²) in [6.07, 6.45) is 1.49. The molecule has 0 saturated heterocycles. The van der Waals surface area contributed by atoms with Gasteiger partial charge in [0.05, 0.1) is 22.6 Å². The number of aromatic nitrogens is 2. The molecule has 1 atom stereocenters. The lowest BCUT2D eigenvalue weighted by Crippen LogP contribution is -2.16. The quantitative estimate of drug-likeness (QED) is 0.217. The Morgan fingerprint density at radius 3 is 2.29 bits per heavy atom. The van der Waals surface area contributed by atoms with Gasteiger partial charge in [-0.05, 0) is 54.3 Å². The number of hydrogen-bond acceptors (Lipinski definition) is 5. The van der Waals surface area contributed by atoms with Crippen molar-refractivity contribution in [2.24, 2.45) is 0 Å². The molecule has 1 heterocycles. The molecule has 0 spiro atoms. The summed E-state index contributed by atoms with van der Waals surface area (Å²) >= 11 is 17.2. The van der Waals surface area contributed by atoms with Crippen molar-refractivity contribution in [3.05, 3.63) is 98.0 Å². The van der Waals surface area contributed by atoms with Gasteiger partial charge < -0.3 is 14.4 Å². The molecule has 1 aliphatic carbocycles. The van der Waals surface area contributed by atoms with Gasteiger partial charge in [-0.3, -0.25) is 4.79 Å². The Bertz CT molecular complexity index is 1530. The fourth-order valence-corrected chi connectivity index (χ4v) is 5.77. The van der Waals surface area contributed by atoms with Crippen molar-refractivity contribution < 1.29 is 22.5 Å². The van der Waals surface area contributed by atoms with Gasteiger partial charge in [-0.15, -0.1) is 0 Å². The number of nitrogens with zero attached hydrogens (tertiary/aromatic N) is 2. The van der Waals surface area contributed by atoms with E-state index in [0.717, 1.165) is 5.56 Å². The number of hydrogen-bond donors (Lipinski definition) is 2. The maximum Gasteiger partial charge on any atom is 0.258 e. The summed E-state index contributed by atoms with van der Waals surface area (Å²) in [5.74, 6) is -0.188. The monoisotopic (exact) mass is 593 g/mol. The first kappa shape index (κ1) is 26.8. The second kappa shape index (κ2) is 10.7. The topological polar surface area (TPSA) is 105 Å². The third kappa shape index (κ3) is 5.62. The third-order valence-corrected chi connectivity index (χ3v) is 7.72. The van der Waals surface area contributed by atoms with Gasteiger partial charge in [0.15, 0.2) is 16.9 Å². The molecule has 1 saturated carbocycles. The van der Waals surface area contributed by atoms with Crippen LogP contribution in [0, 0.1) is 5.82 Å². The summed E-state index contributed by atoms with van der Waals surface area (Å²) < 4.78 is 38.9. The molecule has 1 aliphatic rings. The highest BCUT2D eigenvalue weighted by molar-refractivity contribution is 7.78. The Labute approximate surface area is 234 Å². The van der Waals surface area contributed by atoms with Crippen LogP contribution in [0.1, 0.15) is 35.4 Å². The standard InChI is InChI=1S/C26H19Cl3FN3O4S/c27-18-10-16(5-6-21(18)30)24-32-25(33-37-24)26(7-8-26)23-19(28)11-17(12-20(23)29)31-22(34)9-14-1-3-15(4-2-14)13-38(35)36/h1-6,10-12H,7-9,13H2,(H,31,34)(H,35,36). The van der Waals surface area contributed by atoms with E-state index < -0.39 is 22.3 Å². The predicted molar refractivity (Wildman–Crippen MR) is 144 cm³/mol. The van der Waals surface area contributed by atoms with Crippen LogP contribution in [-0.4, -0.2) is 24.8 Å². The highest BCUT2D eigenvalue weighted by Crippen LogP contribution is 2.57. The number of halogens is 4. The van der Waals surface area contributed by atoms with Gasteiger partial charge in [0.25, 0.3) is 5.89 Å². The molecule has 12 heteroatoms. The Kier molecular flexibility index (Phi) is 7.57. The van der Waals surface area contributed by atoms with E-state index in [2.05, 4.69) is 15.5 Å². The molecule has 0 radical (unpaired) electrons. The fourth-order valence-electron chi connectivity index (χ4n) is 4.26. The van der Waals surface area contributed by atoms with Gasteiger partial charge >= 0.3 is 0 Å². The number of benzene rings is 3. The van der Waals surface area contributed by atoms with E-state index in [0.29, 0.717) is 51.1 Å². The van der Waals surface area contributed by atoms with Gasteiger partial charge in [0, 0.05) is 26.9 Å². The average Bonchev–Trinajstić information content (AvgIpc) is 3.47. The second-order valence-corrected chi connectivity index (χ2v) is 11.1. The van der Waals surface area contributed by atoms with E-state index in [-0.39, 0.29) is 29.0 Å². The number of nitrogens with one attached hydrogen (secondary N) is 1. The summed E-state index contributed by atoms with van der Waals surface area (Å²) in [6.45, 7) is 0. The summed E-state index contributed by atoms with van der Waals surface area (Å²) in [4.78, 5) is 17.1. The van der Waals surface area contributed by atoms with E-state index in [4.69, 9.17) is 43.9 Å². The van der Waals surface area contributed by atoms with Crippen LogP contribution < -0.4 is 5.32 Å². The zero-order valence-electron chi connectivity index (χ0n) is 19.5. The van der Waals surface area contributed by atoms with E-state index in [1.807, 2.05) is 0 Å². The molecule has 1 amide bonds. The van der Waals surface area contributed by atoms with Crippen molar-refractivity contribution in [1.29, 1.82) is 0 Å². The van der Waals surface area contributed by atoms with Gasteiger partial charge in [0.1, 0.15) is 5.82 Å². The van der Waals surface area contributed by atoms with Crippen LogP contribution in [0.5, 0.6) is 0 Å². The zero-order valence-corrected chi connectivity index (χ0v) is 22.6. The van der Waals surface area contributed by atoms with Gasteiger partial charge in [-0.2, -0.15) is 4.98 Å². The molecule has 38 heavy (non-hydrogen) atoms. The molecule has 0 bridgehead atoms. The van der Waals surface area contributed by atoms with Crippen molar-refractivity contribution in [2.75, 3.05) is 5.32 Å². The molecule has 1 fully saturated rings. The van der Waals surface area contributed by atoms with Crippen molar-refractivity contribution in [2.45, 2.75) is 30.4 Å². The summed E-state index contributed by atoms with van der Waals surface area (Å²) in [5, 5.41) is 7.59. The Hall–Kier alpha value is -2.82. The Balaban J connectivity index is 1.32. The Morgan fingerprint density at radius 2 is 1.68 bits per heavy atom. The second-order valence-electron chi connectivity index (χ2n) is 8.96. The van der Waals surface area contributed by atoms with E-state index in [9.17, 15) is 13.4 Å². The fraction of sp³-hybridized carbons (Fsp3) is 0.192. The largest absolute Gasteiger partial charge is 0.334 e. The third-order valence-electron chi connectivity index (χ3n) is 6.25. The van der Waals surface area contributed by atoms with Gasteiger partial charge in [-0.1, -0.05) is 64.2 Å². The first-order chi connectivity index (χ1) is 18.1. The molecule has 2 N–H and O–H groups in total. The normalized spacial score (nSPS) is 14.8. The first-order valence-electron chi connectivity index (χ1n) is 11.4. The van der Waals surface area contributed by atoms with E-state index >= 15 is 0 Å². The smallest absolute Gasteiger partial charge is 0.258 e. The minimum absolute atomic E-state index is 0.0308. The maximum absolute atomic E-state index is 13.5. The van der Waals surface area contributed by atoms with Crippen LogP contribution in [0.25, 0.3) is 11.5 Å². The molecular formula is C26H19Cl3FN3O4S. The highest BCUT2D eigenvalue weighted by atomic mass is 35.5. The summed E-state index contributed by atoms with van der Waals surface area (Å²) in [6, 6.07) is 14.3. The predicted octanol–water partition coefficient (Wildman–Crippen LogP) is 6.82. The van der Waals surface area contributed by atoms with Crippen LogP contribution in [0.4, 0.5) is 10.1 Å². The van der Waals surface area contributed by atoms with E-state index in [1.165, 1.54) is 18.2 Å². The SMILES string of the molecule is O=C(Cc1ccc(CS(=O)O)cc1)Nc1cc(Cl)c(C2(c3noc(-c4ccc(F)c(Cl)c4)n3)CC2)c(Cl)c1. The zero-order chi connectivity index (χ0) is 27.0. The number of rotatable bonds is 8. The van der Waals surface area contributed by atoms with Crippen LogP contribution in [0.3, 0.4) is 0 Å². The number of carbonyl (C=O) groups is 1. The van der Waals surface area contributed by atoms with Crippen LogP contribution >= 0.6 is 34.8 Å². The molecule has 0 aliphatic heterocycles. The lowest BCUT2D eigenvalue weighted by atomic mass is 9.94. The molecular weight excluding hydrogens is 576 g/mol. The average molecular weight is 595 g/mol. The lowest BCUT2D eigenvalue weighted by Gasteiger charge is -2.17. The lowest BCUT2D eigenvalue weighted by molar-refractivity contribution is -0.115. The molecule has 5 rings (SSSR count). The van der Waals surface area contributed by atoms with Crippen molar-refractivity contribution >= 4 is 57.5 Å². The number of anilines is 1. The van der Waals surface area contributed by atoms with Crippen molar-refractivity contribution in [1.82, 2.24) is 10.1 Å². The summed E-state index contributed by atoms with van der Waals surface area (Å²) in [5.41, 5.74) is 2.37.